The van der Waals surface area contributed by atoms with Gasteiger partial charge in [0.05, 0.1) is 12.5 Å². The highest BCUT2D eigenvalue weighted by molar-refractivity contribution is 5.89. The molecule has 154 valence electrons. The number of hydrogen-bond donors (Lipinski definition) is 3. The maximum Gasteiger partial charge on any atom is 0.272 e. The van der Waals surface area contributed by atoms with Gasteiger partial charge in [0, 0.05) is 12.7 Å². The standard InChI is InChI=1S/C18H27N5O5/c1-2-3-4-7-14(12-21(27)13-24)18(26)23-15(9-10-19-23)17(25)20-16-8-5-6-11-22(16)28/h5-6,8,11,13-15,19,27-28H,2-4,7,9-10,12H2,1H3. The van der Waals surface area contributed by atoms with Crippen LogP contribution >= 0.6 is 0 Å². The summed E-state index contributed by atoms with van der Waals surface area (Å²) in [6, 6.07) is 3.89. The SMILES string of the molecule is CCCCCC(CN(O)C=O)C(=O)N1NCCC1C(=O)N=c1ccccn1O. The Morgan fingerprint density at radius 2 is 2.21 bits per heavy atom. The molecular weight excluding hydrogens is 366 g/mol. The zero-order valence-corrected chi connectivity index (χ0v) is 15.9. The molecule has 0 aromatic carbocycles. The number of unbranched alkanes of at least 4 members (excludes halogenated alkanes) is 2. The molecule has 0 aliphatic carbocycles. The van der Waals surface area contributed by atoms with E-state index in [4.69, 9.17) is 0 Å². The van der Waals surface area contributed by atoms with Crippen molar-refractivity contribution in [3.05, 3.63) is 29.9 Å². The second-order valence-corrected chi connectivity index (χ2v) is 6.69. The second-order valence-electron chi connectivity index (χ2n) is 6.69. The van der Waals surface area contributed by atoms with Crippen molar-refractivity contribution in [2.45, 2.75) is 45.1 Å². The number of carbonyl (C=O) groups excluding carboxylic acids is 3. The topological polar surface area (TPSA) is 127 Å². The van der Waals surface area contributed by atoms with Gasteiger partial charge in [0.25, 0.3) is 5.91 Å². The lowest BCUT2D eigenvalue weighted by molar-refractivity contribution is -0.159. The smallest absolute Gasteiger partial charge is 0.272 e. The summed E-state index contributed by atoms with van der Waals surface area (Å²) in [5.41, 5.74) is 2.96. The summed E-state index contributed by atoms with van der Waals surface area (Å²) in [5.74, 6) is -1.56. The number of rotatable bonds is 9. The number of carbonyl (C=O) groups is 3. The third-order valence-corrected chi connectivity index (χ3v) is 4.61. The maximum atomic E-state index is 13.0. The second kappa shape index (κ2) is 10.6. The number of hydrogen-bond acceptors (Lipinski definition) is 6. The minimum Gasteiger partial charge on any atom is -0.427 e. The number of nitrogens with zero attached hydrogens (tertiary/aromatic N) is 4. The summed E-state index contributed by atoms with van der Waals surface area (Å²) in [6.07, 6.45) is 5.13. The highest BCUT2D eigenvalue weighted by Gasteiger charge is 2.37. The highest BCUT2D eigenvalue weighted by atomic mass is 16.5. The van der Waals surface area contributed by atoms with Crippen LogP contribution in [0.5, 0.6) is 0 Å². The van der Waals surface area contributed by atoms with Gasteiger partial charge in [0.1, 0.15) is 6.04 Å². The molecule has 1 saturated heterocycles. The normalized spacial score (nSPS) is 18.1. The van der Waals surface area contributed by atoms with Crippen molar-refractivity contribution in [2.75, 3.05) is 13.1 Å². The Balaban J connectivity index is 2.16. The first-order chi connectivity index (χ1) is 13.5. The van der Waals surface area contributed by atoms with Gasteiger partial charge in [0.15, 0.2) is 5.49 Å². The van der Waals surface area contributed by atoms with Crippen LogP contribution in [0.4, 0.5) is 0 Å². The molecular formula is C18H27N5O5. The van der Waals surface area contributed by atoms with Crippen molar-refractivity contribution in [3.8, 4) is 0 Å². The molecule has 10 nitrogen and oxygen atoms in total. The number of hydrazine groups is 1. The molecule has 28 heavy (non-hydrogen) atoms. The minimum atomic E-state index is -0.815. The zero-order valence-electron chi connectivity index (χ0n) is 15.9. The van der Waals surface area contributed by atoms with Gasteiger partial charge in [-0.05, 0) is 25.0 Å². The fourth-order valence-corrected chi connectivity index (χ4v) is 3.13. The summed E-state index contributed by atoms with van der Waals surface area (Å²) < 4.78 is 0.730. The Kier molecular flexibility index (Phi) is 8.15. The van der Waals surface area contributed by atoms with Gasteiger partial charge in [-0.15, -0.1) is 0 Å². The number of pyridine rings is 1. The van der Waals surface area contributed by atoms with Crippen molar-refractivity contribution in [3.63, 3.8) is 0 Å². The van der Waals surface area contributed by atoms with E-state index in [9.17, 15) is 24.8 Å². The van der Waals surface area contributed by atoms with Crippen LogP contribution < -0.4 is 10.9 Å². The average Bonchev–Trinajstić information content (AvgIpc) is 3.18. The van der Waals surface area contributed by atoms with Crippen LogP contribution in [-0.4, -0.2) is 62.6 Å². The van der Waals surface area contributed by atoms with E-state index in [1.165, 1.54) is 17.3 Å². The molecule has 3 N–H and O–H groups in total. The van der Waals surface area contributed by atoms with Gasteiger partial charge in [-0.1, -0.05) is 32.3 Å². The van der Waals surface area contributed by atoms with E-state index >= 15 is 0 Å². The fourth-order valence-electron chi connectivity index (χ4n) is 3.13. The molecule has 1 aliphatic rings. The van der Waals surface area contributed by atoms with Gasteiger partial charge in [-0.3, -0.25) is 24.6 Å². The first-order valence-corrected chi connectivity index (χ1v) is 9.40. The Morgan fingerprint density at radius 3 is 2.89 bits per heavy atom. The summed E-state index contributed by atoms with van der Waals surface area (Å²) in [5, 5.41) is 20.9. The first kappa shape index (κ1) is 21.6. The van der Waals surface area contributed by atoms with E-state index in [1.807, 2.05) is 6.92 Å². The van der Waals surface area contributed by atoms with Crippen molar-refractivity contribution in [1.82, 2.24) is 20.2 Å². The van der Waals surface area contributed by atoms with Crippen molar-refractivity contribution in [1.29, 1.82) is 0 Å². The van der Waals surface area contributed by atoms with Gasteiger partial charge < -0.3 is 5.21 Å². The predicted molar refractivity (Wildman–Crippen MR) is 97.6 cm³/mol. The Bertz CT molecular complexity index is 750. The number of aromatic nitrogens is 1. The largest absolute Gasteiger partial charge is 0.427 e. The highest BCUT2D eigenvalue weighted by Crippen LogP contribution is 2.19. The van der Waals surface area contributed by atoms with Gasteiger partial charge in [-0.25, -0.2) is 10.5 Å². The molecule has 1 aromatic heterocycles. The van der Waals surface area contributed by atoms with Crippen LogP contribution in [0.3, 0.4) is 0 Å². The quantitative estimate of drug-likeness (QED) is 0.182. The van der Waals surface area contributed by atoms with Gasteiger partial charge in [-0.2, -0.15) is 9.72 Å². The molecule has 10 heteroatoms. The van der Waals surface area contributed by atoms with Crippen LogP contribution in [0.25, 0.3) is 0 Å². The minimum absolute atomic E-state index is 0.0637. The number of nitrogens with one attached hydrogen (secondary N) is 1. The molecule has 1 aliphatic heterocycles. The Hall–Kier alpha value is -2.72. The van der Waals surface area contributed by atoms with Crippen molar-refractivity contribution < 1.29 is 24.8 Å². The van der Waals surface area contributed by atoms with Crippen LogP contribution in [0.15, 0.2) is 29.4 Å². The van der Waals surface area contributed by atoms with Crippen LogP contribution in [0.2, 0.25) is 0 Å². The Morgan fingerprint density at radius 1 is 1.43 bits per heavy atom. The van der Waals surface area contributed by atoms with Crippen LogP contribution in [0, 0.1) is 5.92 Å². The third-order valence-electron chi connectivity index (χ3n) is 4.61. The summed E-state index contributed by atoms with van der Waals surface area (Å²) in [7, 11) is 0. The molecule has 0 bridgehead atoms. The Labute approximate surface area is 163 Å². The van der Waals surface area contributed by atoms with E-state index in [0.717, 1.165) is 24.0 Å². The van der Waals surface area contributed by atoms with Crippen LogP contribution in [-0.2, 0) is 14.4 Å². The number of amides is 3. The molecule has 2 heterocycles. The lowest BCUT2D eigenvalue weighted by atomic mass is 9.99. The maximum absolute atomic E-state index is 13.0. The first-order valence-electron chi connectivity index (χ1n) is 9.40. The molecule has 0 saturated carbocycles. The number of hydroxylamine groups is 2. The fraction of sp³-hybridized carbons (Fsp3) is 0.556. The third kappa shape index (κ3) is 5.64. The molecule has 0 radical (unpaired) electrons. The zero-order chi connectivity index (χ0) is 20.5. The van der Waals surface area contributed by atoms with E-state index in [1.54, 1.807) is 12.1 Å². The lowest BCUT2D eigenvalue weighted by Gasteiger charge is -2.27. The molecule has 1 aromatic rings. The van der Waals surface area contributed by atoms with Crippen LogP contribution in [0.1, 0.15) is 39.0 Å². The van der Waals surface area contributed by atoms with Gasteiger partial charge >= 0.3 is 0 Å². The van der Waals surface area contributed by atoms with E-state index in [2.05, 4.69) is 10.4 Å². The van der Waals surface area contributed by atoms with Crippen molar-refractivity contribution >= 4 is 18.2 Å². The van der Waals surface area contributed by atoms with Gasteiger partial charge in [0.2, 0.25) is 12.3 Å². The lowest BCUT2D eigenvalue weighted by Crippen LogP contribution is -2.50. The van der Waals surface area contributed by atoms with E-state index in [-0.39, 0.29) is 24.3 Å². The monoisotopic (exact) mass is 393 g/mol. The van der Waals surface area contributed by atoms with E-state index < -0.39 is 17.9 Å². The molecule has 1 fully saturated rings. The van der Waals surface area contributed by atoms with E-state index in [0.29, 0.717) is 24.4 Å². The molecule has 3 amide bonds. The summed E-state index contributed by atoms with van der Waals surface area (Å²) >= 11 is 0. The predicted octanol–water partition coefficient (Wildman–Crippen LogP) is 0.302. The summed E-state index contributed by atoms with van der Waals surface area (Å²) in [4.78, 5) is 40.3. The average molecular weight is 393 g/mol. The molecule has 2 atom stereocenters. The molecule has 2 unspecified atom stereocenters. The summed E-state index contributed by atoms with van der Waals surface area (Å²) in [6.45, 7) is 2.32. The van der Waals surface area contributed by atoms with Crippen molar-refractivity contribution in [2.24, 2.45) is 10.9 Å². The molecule has 2 rings (SSSR count). The molecule has 0 spiro atoms.